The number of hydrogen-bond acceptors (Lipinski definition) is 0. The van der Waals surface area contributed by atoms with Crippen molar-refractivity contribution < 1.29 is 92.7 Å². The van der Waals surface area contributed by atoms with Crippen molar-refractivity contribution in [1.29, 1.82) is 0 Å². The third kappa shape index (κ3) is 8.34. The number of aryl methyl sites for hydroxylation is 2. The normalized spacial score (nSPS) is 12.0. The molecule has 342 valence electrons. The van der Waals surface area contributed by atoms with E-state index in [0.717, 1.165) is 19.4 Å². The lowest BCUT2D eigenvalue weighted by molar-refractivity contribution is -0.955. The fourth-order valence-corrected chi connectivity index (χ4v) is 7.53. The van der Waals surface area contributed by atoms with Gasteiger partial charge in [-0.05, 0) is 51.7 Å². The first-order chi connectivity index (χ1) is 29.2. The predicted octanol–water partition coefficient (Wildman–Crippen LogP) is 8.86. The summed E-state index contributed by atoms with van der Waals surface area (Å²) in [6.45, 7) is 14.9. The van der Waals surface area contributed by atoms with Crippen LogP contribution in [-0.4, -0.2) is 18.2 Å². The van der Waals surface area contributed by atoms with Gasteiger partial charge in [-0.3, -0.25) is 0 Å². The molecule has 0 aromatic heterocycles. The zero-order valence-corrected chi connectivity index (χ0v) is 33.1. The molecule has 0 radical (unpaired) electrons. The maximum atomic E-state index is 15.4. The van der Waals surface area contributed by atoms with Crippen molar-refractivity contribution in [3.05, 3.63) is 151 Å². The molecule has 0 aliphatic carbocycles. The van der Waals surface area contributed by atoms with Crippen LogP contribution in [0, 0.1) is 116 Å². The van der Waals surface area contributed by atoms with Gasteiger partial charge in [0, 0.05) is 5.56 Å². The molecule has 0 bridgehead atoms. The number of hydrogen-bond donors (Lipinski definition) is 1. The van der Waals surface area contributed by atoms with E-state index in [1.807, 2.05) is 0 Å². The Morgan fingerprint density at radius 3 is 0.667 bits per heavy atom. The molecule has 0 aliphatic heterocycles. The number of rotatable bonds is 10. The van der Waals surface area contributed by atoms with E-state index in [9.17, 15) is 52.7 Å². The van der Waals surface area contributed by atoms with Crippen LogP contribution < -0.4 is 26.8 Å². The summed E-state index contributed by atoms with van der Waals surface area (Å²) >= 11 is 0. The molecule has 63 heavy (non-hydrogen) atoms. The Morgan fingerprint density at radius 2 is 0.492 bits per heavy atom. The molecule has 5 aromatic carbocycles. The van der Waals surface area contributed by atoms with Gasteiger partial charge in [0.2, 0.25) is 0 Å². The van der Waals surface area contributed by atoms with E-state index in [1.54, 1.807) is 4.90 Å². The van der Waals surface area contributed by atoms with Gasteiger partial charge < -0.3 is 4.90 Å². The van der Waals surface area contributed by atoms with Gasteiger partial charge >= 0.3 is 0 Å². The highest BCUT2D eigenvalue weighted by Crippen LogP contribution is 2.31. The lowest BCUT2D eigenvalue weighted by Crippen LogP contribution is -3.16. The van der Waals surface area contributed by atoms with E-state index < -0.39 is 144 Å². The molecule has 5 rings (SSSR count). The van der Waals surface area contributed by atoms with Crippen molar-refractivity contribution in [1.82, 2.24) is 0 Å². The Hall–Kier alpha value is -5.28. The van der Waals surface area contributed by atoms with E-state index in [2.05, 4.69) is 59.7 Å². The zero-order valence-electron chi connectivity index (χ0n) is 33.1. The van der Waals surface area contributed by atoms with Gasteiger partial charge in [0.15, 0.2) is 69.8 Å². The van der Waals surface area contributed by atoms with Crippen molar-refractivity contribution in [2.24, 2.45) is 0 Å². The molecule has 0 fully saturated rings. The smallest absolute Gasteiger partial charge is 0.200 e. The molecule has 1 N–H and O–H groups in total. The van der Waals surface area contributed by atoms with E-state index in [1.165, 1.54) is 16.7 Å². The average Bonchev–Trinajstić information content (AvgIpc) is 3.25. The minimum atomic E-state index is -7.22. The zero-order chi connectivity index (χ0) is 48.1. The number of quaternary nitrogens is 1. The number of benzene rings is 5. The second kappa shape index (κ2) is 18.8. The summed E-state index contributed by atoms with van der Waals surface area (Å²) in [5, 5.41) is 0. The van der Waals surface area contributed by atoms with Gasteiger partial charge in [-0.25, -0.2) is 87.8 Å². The van der Waals surface area contributed by atoms with Crippen LogP contribution in [0.5, 0.6) is 0 Å². The molecule has 0 heterocycles. The van der Waals surface area contributed by atoms with Crippen molar-refractivity contribution in [2.45, 2.75) is 73.0 Å². The molecule has 0 spiro atoms. The Kier molecular flexibility index (Phi) is 15.1. The maximum Gasteiger partial charge on any atom is 0.200 e. The van der Waals surface area contributed by atoms with E-state index in [4.69, 9.17) is 0 Å². The Labute approximate surface area is 344 Å². The average molecular weight is 927 g/mol. The highest BCUT2D eigenvalue weighted by molar-refractivity contribution is 7.20. The number of halogens is 20. The summed E-state index contributed by atoms with van der Waals surface area (Å²) in [6.07, 6.45) is -4.94. The largest absolute Gasteiger partial charge is 0.327 e. The van der Waals surface area contributed by atoms with Crippen LogP contribution in [0.3, 0.4) is 0 Å². The summed E-state index contributed by atoms with van der Waals surface area (Å²) in [4.78, 5) is 1.67. The van der Waals surface area contributed by atoms with Crippen LogP contribution in [0.25, 0.3) is 0 Å². The highest BCUT2D eigenvalue weighted by Gasteiger charge is 2.52. The van der Waals surface area contributed by atoms with Crippen LogP contribution in [0.1, 0.15) is 58.2 Å². The van der Waals surface area contributed by atoms with E-state index >= 15 is 35.1 Å². The second-order valence-corrected chi connectivity index (χ2v) is 14.7. The minimum Gasteiger partial charge on any atom is -0.327 e. The summed E-state index contributed by atoms with van der Waals surface area (Å²) in [5.74, 6) is -71.4. The summed E-state index contributed by atoms with van der Waals surface area (Å²) in [7, 11) is 0. The predicted molar refractivity (Wildman–Crippen MR) is 189 cm³/mol. The minimum absolute atomic E-state index is 0.681. The standard InChI is InChI=1S/C24BF20.C17H29N/c26-5-1(6(27)14(35)21(42)13(5)34)25(2-7(28)15(36)22(43)16(37)8(2)29,3-9(30)17(38)23(44)18(39)10(3)31)4-11(32)19(40)24(45)20(41)12(4)33;1-7-15-9-16(8-2)11-17(10-15)12-18(13(3)4)14(5)6/h;9-11,13-14H,7-8,12H2,1-6H3/q-1;/p+1. The molecule has 0 atom stereocenters. The second-order valence-electron chi connectivity index (χ2n) is 14.7. The van der Waals surface area contributed by atoms with Crippen LogP contribution in [0.15, 0.2) is 18.2 Å². The van der Waals surface area contributed by atoms with Crippen molar-refractivity contribution in [2.75, 3.05) is 0 Å². The van der Waals surface area contributed by atoms with Crippen molar-refractivity contribution in [3.8, 4) is 0 Å². The maximum absolute atomic E-state index is 15.4. The molecule has 5 aromatic rings. The first-order valence-corrected chi connectivity index (χ1v) is 18.4. The molecular weight excluding hydrogens is 897 g/mol. The van der Waals surface area contributed by atoms with Crippen LogP contribution >= 0.6 is 0 Å². The molecule has 0 amide bonds. The summed E-state index contributed by atoms with van der Waals surface area (Å²) < 4.78 is 294. The lowest BCUT2D eigenvalue weighted by atomic mass is 9.12. The van der Waals surface area contributed by atoms with Gasteiger partial charge in [-0.2, -0.15) is 0 Å². The van der Waals surface area contributed by atoms with Gasteiger partial charge in [0.1, 0.15) is 59.2 Å². The summed E-state index contributed by atoms with van der Waals surface area (Å²) in [6, 6.07) is 8.50. The van der Waals surface area contributed by atoms with E-state index in [-0.39, 0.29) is 0 Å². The molecular formula is C41H30BF20N. The SMILES string of the molecule is CCc1cc(CC)cc(C[NH+](C(C)C)C(C)C)c1.Fc1c(F)c(F)c([B-](c2c(F)c(F)c(F)c(F)c2F)(c2c(F)c(F)c(F)c(F)c2F)c2c(F)c(F)c(F)c(F)c2F)c(F)c1F. The van der Waals surface area contributed by atoms with Crippen molar-refractivity contribution >= 4 is 28.0 Å². The van der Waals surface area contributed by atoms with Gasteiger partial charge in [0.05, 0.1) is 12.1 Å². The van der Waals surface area contributed by atoms with Crippen molar-refractivity contribution in [3.63, 3.8) is 0 Å². The van der Waals surface area contributed by atoms with Crippen LogP contribution in [0.4, 0.5) is 87.8 Å². The monoisotopic (exact) mass is 927 g/mol. The Morgan fingerprint density at radius 1 is 0.317 bits per heavy atom. The van der Waals surface area contributed by atoms with Crippen LogP contribution in [0.2, 0.25) is 0 Å². The third-order valence-electron chi connectivity index (χ3n) is 10.5. The Bertz CT molecular complexity index is 2180. The molecule has 22 heteroatoms. The lowest BCUT2D eigenvalue weighted by Gasteiger charge is -2.44. The molecule has 0 aliphatic rings. The quantitative estimate of drug-likeness (QED) is 0.0619. The van der Waals surface area contributed by atoms with E-state index in [0.29, 0.717) is 12.1 Å². The first kappa shape index (κ1) is 50.4. The fourth-order valence-electron chi connectivity index (χ4n) is 7.53. The Balaban J connectivity index is 0.000000405. The van der Waals surface area contributed by atoms with Gasteiger partial charge in [0.25, 0.3) is 0 Å². The van der Waals surface area contributed by atoms with Crippen LogP contribution in [-0.2, 0) is 19.4 Å². The topological polar surface area (TPSA) is 4.44 Å². The molecule has 0 saturated carbocycles. The number of nitrogens with one attached hydrogen (secondary N) is 1. The fraction of sp³-hybridized carbons (Fsp3) is 0.268. The third-order valence-corrected chi connectivity index (χ3v) is 10.5. The van der Waals surface area contributed by atoms with Gasteiger partial charge in [-0.1, -0.05) is 32.0 Å². The summed E-state index contributed by atoms with van der Waals surface area (Å²) in [5.41, 5.74) is -9.86. The molecule has 0 unspecified atom stereocenters. The first-order valence-electron chi connectivity index (χ1n) is 18.4. The molecule has 1 nitrogen and oxygen atoms in total. The molecule has 0 saturated heterocycles. The highest BCUT2D eigenvalue weighted by atomic mass is 19.2. The van der Waals surface area contributed by atoms with Gasteiger partial charge in [-0.15, -0.1) is 21.9 Å².